The molecule has 28 heavy (non-hydrogen) atoms. The van der Waals surface area contributed by atoms with E-state index >= 15 is 0 Å². The van der Waals surface area contributed by atoms with Crippen molar-refractivity contribution in [2.24, 2.45) is 0 Å². The summed E-state index contributed by atoms with van der Waals surface area (Å²) in [6.45, 7) is 7.65. The molecule has 1 fully saturated rings. The van der Waals surface area contributed by atoms with Crippen LogP contribution >= 0.6 is 0 Å². The van der Waals surface area contributed by atoms with E-state index in [1.165, 1.54) is 19.2 Å². The van der Waals surface area contributed by atoms with E-state index in [1.807, 2.05) is 4.90 Å². The lowest BCUT2D eigenvalue weighted by atomic mass is 10.1. The minimum Gasteiger partial charge on any atom is -0.336 e. The molecule has 0 radical (unpaired) electrons. The Morgan fingerprint density at radius 2 is 1.68 bits per heavy atom. The number of benzene rings is 1. The Labute approximate surface area is 164 Å². The number of pyridine rings is 1. The highest BCUT2D eigenvalue weighted by molar-refractivity contribution is 6.05. The molecule has 0 atom stereocenters. The van der Waals surface area contributed by atoms with Crippen LogP contribution in [0.3, 0.4) is 0 Å². The molecule has 0 aliphatic carbocycles. The summed E-state index contributed by atoms with van der Waals surface area (Å²) in [4.78, 5) is 44.8. The van der Waals surface area contributed by atoms with Crippen molar-refractivity contribution in [2.75, 3.05) is 38.0 Å². The van der Waals surface area contributed by atoms with Gasteiger partial charge < -0.3 is 15.1 Å². The van der Waals surface area contributed by atoms with Crippen molar-refractivity contribution < 1.29 is 14.4 Å². The summed E-state index contributed by atoms with van der Waals surface area (Å²) in [6.07, 6.45) is 1.48. The number of carbonyl (C=O) groups is 3. The molecule has 1 saturated heterocycles. The van der Waals surface area contributed by atoms with E-state index in [9.17, 15) is 14.4 Å². The highest BCUT2D eigenvalue weighted by atomic mass is 16.2. The van der Waals surface area contributed by atoms with Crippen LogP contribution in [0.4, 0.5) is 5.69 Å². The minimum atomic E-state index is -0.402. The fourth-order valence-corrected chi connectivity index (χ4v) is 3.12. The zero-order chi connectivity index (χ0) is 20.1. The van der Waals surface area contributed by atoms with E-state index in [0.717, 1.165) is 19.6 Å². The molecule has 0 spiro atoms. The summed E-state index contributed by atoms with van der Waals surface area (Å²) in [7, 11) is 0. The first-order chi connectivity index (χ1) is 13.5. The molecule has 0 saturated carbocycles. The van der Waals surface area contributed by atoms with Crippen LogP contribution < -0.4 is 5.32 Å². The van der Waals surface area contributed by atoms with Gasteiger partial charge in [-0.25, -0.2) is 0 Å². The van der Waals surface area contributed by atoms with Crippen LogP contribution in [0.25, 0.3) is 0 Å². The van der Waals surface area contributed by atoms with Crippen LogP contribution in [-0.2, 0) is 0 Å². The predicted molar refractivity (Wildman–Crippen MR) is 107 cm³/mol. The molecular formula is C21H24N4O3. The van der Waals surface area contributed by atoms with Crippen LogP contribution in [-0.4, -0.2) is 65.1 Å². The molecule has 0 unspecified atom stereocenters. The standard InChI is InChI=1S/C21H24N4O3/c1-3-24-10-12-25(13-11-24)21(28)17-8-9-22-19(14-17)20(27)23-18-6-4-16(5-7-18)15(2)26/h4-9,14H,3,10-13H2,1-2H3,(H,23,27). The number of Topliss-reactive ketones (excluding diaryl/α,β-unsaturated/α-hetero) is 1. The first kappa shape index (κ1) is 19.7. The van der Waals surface area contributed by atoms with Gasteiger partial charge in [0.2, 0.25) is 0 Å². The highest BCUT2D eigenvalue weighted by Gasteiger charge is 2.22. The van der Waals surface area contributed by atoms with Crippen LogP contribution in [0.5, 0.6) is 0 Å². The molecule has 1 aromatic heterocycles. The van der Waals surface area contributed by atoms with Gasteiger partial charge in [0.25, 0.3) is 11.8 Å². The molecule has 1 N–H and O–H groups in total. The fraction of sp³-hybridized carbons (Fsp3) is 0.333. The molecule has 3 rings (SSSR count). The monoisotopic (exact) mass is 380 g/mol. The number of amides is 2. The molecule has 7 nitrogen and oxygen atoms in total. The van der Waals surface area contributed by atoms with Crippen molar-refractivity contribution in [1.82, 2.24) is 14.8 Å². The number of nitrogens with one attached hydrogen (secondary N) is 1. The van der Waals surface area contributed by atoms with E-state index in [1.54, 1.807) is 30.3 Å². The Hall–Kier alpha value is -3.06. The molecule has 1 aliphatic heterocycles. The zero-order valence-corrected chi connectivity index (χ0v) is 16.1. The average Bonchev–Trinajstić information content (AvgIpc) is 2.73. The largest absolute Gasteiger partial charge is 0.336 e. The highest BCUT2D eigenvalue weighted by Crippen LogP contribution is 2.13. The lowest BCUT2D eigenvalue weighted by Gasteiger charge is -2.34. The van der Waals surface area contributed by atoms with Gasteiger partial charge in [-0.2, -0.15) is 0 Å². The summed E-state index contributed by atoms with van der Waals surface area (Å²) >= 11 is 0. The second-order valence-electron chi connectivity index (χ2n) is 6.74. The van der Waals surface area contributed by atoms with E-state index in [2.05, 4.69) is 22.1 Å². The average molecular weight is 380 g/mol. The predicted octanol–water partition coefficient (Wildman–Crippen LogP) is 2.31. The van der Waals surface area contributed by atoms with Gasteiger partial charge in [-0.15, -0.1) is 0 Å². The normalized spacial score (nSPS) is 14.6. The fourth-order valence-electron chi connectivity index (χ4n) is 3.12. The SMILES string of the molecule is CCN1CCN(C(=O)c2ccnc(C(=O)Nc3ccc(C(C)=O)cc3)c2)CC1. The molecule has 2 amide bonds. The maximum atomic E-state index is 12.7. The second kappa shape index (κ2) is 8.75. The van der Waals surface area contributed by atoms with Gasteiger partial charge in [-0.05, 0) is 49.9 Å². The quantitative estimate of drug-likeness (QED) is 0.805. The van der Waals surface area contributed by atoms with Crippen LogP contribution in [0.15, 0.2) is 42.6 Å². The number of hydrogen-bond acceptors (Lipinski definition) is 5. The number of carbonyl (C=O) groups excluding carboxylic acids is 3. The van der Waals surface area contributed by atoms with Crippen molar-refractivity contribution in [3.05, 3.63) is 59.4 Å². The Morgan fingerprint density at radius 3 is 2.29 bits per heavy atom. The number of hydrogen-bond donors (Lipinski definition) is 1. The van der Waals surface area contributed by atoms with Crippen molar-refractivity contribution in [3.63, 3.8) is 0 Å². The third kappa shape index (κ3) is 4.61. The maximum Gasteiger partial charge on any atom is 0.274 e. The number of rotatable bonds is 5. The smallest absolute Gasteiger partial charge is 0.274 e. The third-order valence-corrected chi connectivity index (χ3v) is 4.90. The van der Waals surface area contributed by atoms with Crippen molar-refractivity contribution in [1.29, 1.82) is 0 Å². The van der Waals surface area contributed by atoms with Gasteiger partial charge in [-0.3, -0.25) is 19.4 Å². The second-order valence-corrected chi connectivity index (χ2v) is 6.74. The Balaban J connectivity index is 1.67. The lowest BCUT2D eigenvalue weighted by Crippen LogP contribution is -2.48. The van der Waals surface area contributed by atoms with Crippen LogP contribution in [0, 0.1) is 0 Å². The van der Waals surface area contributed by atoms with E-state index in [4.69, 9.17) is 0 Å². The Bertz CT molecular complexity index is 871. The van der Waals surface area contributed by atoms with Gasteiger partial charge in [0.05, 0.1) is 0 Å². The molecule has 1 aliphatic rings. The van der Waals surface area contributed by atoms with E-state index in [0.29, 0.717) is 29.9 Å². The molecule has 1 aromatic carbocycles. The Morgan fingerprint density at radius 1 is 1.00 bits per heavy atom. The molecule has 146 valence electrons. The molecular weight excluding hydrogens is 356 g/mol. The van der Waals surface area contributed by atoms with E-state index < -0.39 is 5.91 Å². The summed E-state index contributed by atoms with van der Waals surface area (Å²) in [5.74, 6) is -0.524. The topological polar surface area (TPSA) is 82.6 Å². The first-order valence-electron chi connectivity index (χ1n) is 9.38. The summed E-state index contributed by atoms with van der Waals surface area (Å²) < 4.78 is 0. The van der Waals surface area contributed by atoms with Crippen molar-refractivity contribution >= 4 is 23.3 Å². The van der Waals surface area contributed by atoms with Crippen LogP contribution in [0.2, 0.25) is 0 Å². The minimum absolute atomic E-state index is 0.0365. The van der Waals surface area contributed by atoms with Gasteiger partial charge in [-0.1, -0.05) is 6.92 Å². The summed E-state index contributed by atoms with van der Waals surface area (Å²) in [5, 5.41) is 2.74. The summed E-state index contributed by atoms with van der Waals surface area (Å²) in [5.41, 5.74) is 1.77. The third-order valence-electron chi connectivity index (χ3n) is 4.90. The number of anilines is 1. The number of likely N-dealkylation sites (N-methyl/N-ethyl adjacent to an activating group) is 1. The van der Waals surface area contributed by atoms with Crippen LogP contribution in [0.1, 0.15) is 45.1 Å². The van der Waals surface area contributed by atoms with Gasteiger partial charge in [0.1, 0.15) is 5.69 Å². The van der Waals surface area contributed by atoms with E-state index in [-0.39, 0.29) is 17.4 Å². The molecule has 0 bridgehead atoms. The van der Waals surface area contributed by atoms with Crippen molar-refractivity contribution in [3.8, 4) is 0 Å². The number of aromatic nitrogens is 1. The molecule has 2 heterocycles. The lowest BCUT2D eigenvalue weighted by molar-refractivity contribution is 0.0643. The maximum absolute atomic E-state index is 12.7. The van der Waals surface area contributed by atoms with Gasteiger partial charge >= 0.3 is 0 Å². The van der Waals surface area contributed by atoms with Gasteiger partial charge in [0, 0.05) is 49.2 Å². The number of piperazine rings is 1. The molecule has 2 aromatic rings. The summed E-state index contributed by atoms with van der Waals surface area (Å²) in [6, 6.07) is 9.79. The molecule has 7 heteroatoms. The first-order valence-corrected chi connectivity index (χ1v) is 9.38. The number of nitrogens with zero attached hydrogens (tertiary/aromatic N) is 3. The zero-order valence-electron chi connectivity index (χ0n) is 16.1. The number of ketones is 1. The van der Waals surface area contributed by atoms with Gasteiger partial charge in [0.15, 0.2) is 5.78 Å². The van der Waals surface area contributed by atoms with Crippen molar-refractivity contribution in [2.45, 2.75) is 13.8 Å². The Kier molecular flexibility index (Phi) is 6.16.